The first-order valence-electron chi connectivity index (χ1n) is 6.00. The molecule has 0 aromatic rings. The van der Waals surface area contributed by atoms with Crippen LogP contribution in [0.5, 0.6) is 0 Å². The van der Waals surface area contributed by atoms with Crippen LogP contribution in [0.2, 0.25) is 0 Å². The van der Waals surface area contributed by atoms with Gasteiger partial charge in [-0.3, -0.25) is 0 Å². The molecule has 1 saturated heterocycles. The van der Waals surface area contributed by atoms with Gasteiger partial charge in [0, 0.05) is 19.6 Å². The number of carbonyl (C=O) groups excluding carboxylic acids is 1. The lowest BCUT2D eigenvalue weighted by atomic mass is 10.1. The van der Waals surface area contributed by atoms with Crippen molar-refractivity contribution in [3.63, 3.8) is 0 Å². The van der Waals surface area contributed by atoms with E-state index in [-0.39, 0.29) is 12.0 Å². The summed E-state index contributed by atoms with van der Waals surface area (Å²) in [6.45, 7) is 8.16. The Hall–Kier alpha value is -1.28. The highest BCUT2D eigenvalue weighted by atomic mass is 16.6. The molecule has 0 aromatic heterocycles. The number of nitrogens with one attached hydrogen (secondary N) is 1. The molecule has 17 heavy (non-hydrogen) atoms. The average molecular weight is 239 g/mol. The van der Waals surface area contributed by atoms with Crippen LogP contribution in [0, 0.1) is 17.2 Å². The second-order valence-electron chi connectivity index (χ2n) is 5.29. The molecule has 1 aliphatic heterocycles. The molecule has 0 aromatic carbocycles. The fourth-order valence-corrected chi connectivity index (χ4v) is 1.66. The van der Waals surface area contributed by atoms with E-state index in [9.17, 15) is 4.79 Å². The molecule has 0 bridgehead atoms. The van der Waals surface area contributed by atoms with E-state index >= 15 is 0 Å². The Bertz CT molecular complexity index is 304. The van der Waals surface area contributed by atoms with Gasteiger partial charge in [-0.25, -0.2) is 4.79 Å². The van der Waals surface area contributed by atoms with Crippen LogP contribution in [0.4, 0.5) is 4.79 Å². The predicted molar refractivity (Wildman–Crippen MR) is 64.4 cm³/mol. The highest BCUT2D eigenvalue weighted by Crippen LogP contribution is 2.13. The van der Waals surface area contributed by atoms with Crippen molar-refractivity contribution in [1.29, 1.82) is 5.26 Å². The molecule has 5 heteroatoms. The summed E-state index contributed by atoms with van der Waals surface area (Å²) >= 11 is 0. The summed E-state index contributed by atoms with van der Waals surface area (Å²) in [5.74, 6) is -0.115. The number of ether oxygens (including phenoxy) is 1. The van der Waals surface area contributed by atoms with Crippen molar-refractivity contribution >= 4 is 6.09 Å². The van der Waals surface area contributed by atoms with E-state index in [1.807, 2.05) is 20.8 Å². The van der Waals surface area contributed by atoms with E-state index in [2.05, 4.69) is 11.4 Å². The molecular weight excluding hydrogens is 218 g/mol. The summed E-state index contributed by atoms with van der Waals surface area (Å²) in [6, 6.07) is 2.23. The minimum atomic E-state index is -0.491. The maximum absolute atomic E-state index is 11.9. The van der Waals surface area contributed by atoms with Crippen LogP contribution >= 0.6 is 0 Å². The van der Waals surface area contributed by atoms with Crippen LogP contribution in [0.1, 0.15) is 27.2 Å². The van der Waals surface area contributed by atoms with Crippen molar-refractivity contribution in [2.75, 3.05) is 26.2 Å². The summed E-state index contributed by atoms with van der Waals surface area (Å²) in [7, 11) is 0. The van der Waals surface area contributed by atoms with Crippen molar-refractivity contribution in [2.24, 2.45) is 5.92 Å². The molecule has 1 N–H and O–H groups in total. The number of rotatable bonds is 0. The Kier molecular flexibility index (Phi) is 4.76. The third-order valence-electron chi connectivity index (χ3n) is 2.50. The van der Waals surface area contributed by atoms with E-state index in [0.717, 1.165) is 19.5 Å². The van der Waals surface area contributed by atoms with Gasteiger partial charge in [-0.2, -0.15) is 5.26 Å². The van der Waals surface area contributed by atoms with Crippen molar-refractivity contribution in [2.45, 2.75) is 32.8 Å². The zero-order valence-electron chi connectivity index (χ0n) is 10.8. The lowest BCUT2D eigenvalue weighted by Crippen LogP contribution is -2.45. The van der Waals surface area contributed by atoms with Crippen LogP contribution in [0.15, 0.2) is 0 Å². The second kappa shape index (κ2) is 5.87. The average Bonchev–Trinajstić information content (AvgIpc) is 2.14. The first kappa shape index (κ1) is 13.8. The molecule has 0 saturated carbocycles. The Morgan fingerprint density at radius 2 is 2.18 bits per heavy atom. The van der Waals surface area contributed by atoms with E-state index in [0.29, 0.717) is 13.1 Å². The van der Waals surface area contributed by atoms with Crippen LogP contribution in [0.3, 0.4) is 0 Å². The molecule has 1 rings (SSSR count). The maximum atomic E-state index is 11.9. The second-order valence-corrected chi connectivity index (χ2v) is 5.29. The van der Waals surface area contributed by atoms with Gasteiger partial charge in [-0.05, 0) is 33.7 Å². The number of amides is 1. The molecular formula is C12H21N3O2. The SMILES string of the molecule is CC(C)(C)OC(=O)N1CCNCCC(C#N)C1. The number of carbonyl (C=O) groups is 1. The summed E-state index contributed by atoms with van der Waals surface area (Å²) in [5.41, 5.74) is -0.491. The van der Waals surface area contributed by atoms with Gasteiger partial charge in [0.15, 0.2) is 0 Å². The van der Waals surface area contributed by atoms with Crippen LogP contribution in [-0.2, 0) is 4.74 Å². The Balaban J connectivity index is 2.60. The number of hydrogen-bond donors (Lipinski definition) is 1. The van der Waals surface area contributed by atoms with Gasteiger partial charge < -0.3 is 15.0 Å². The van der Waals surface area contributed by atoms with E-state index in [4.69, 9.17) is 10.00 Å². The van der Waals surface area contributed by atoms with Gasteiger partial charge in [0.05, 0.1) is 12.0 Å². The zero-order valence-corrected chi connectivity index (χ0v) is 10.8. The highest BCUT2D eigenvalue weighted by molar-refractivity contribution is 5.68. The van der Waals surface area contributed by atoms with Crippen LogP contribution in [0.25, 0.3) is 0 Å². The monoisotopic (exact) mass is 239 g/mol. The van der Waals surface area contributed by atoms with Gasteiger partial charge in [0.25, 0.3) is 0 Å². The van der Waals surface area contributed by atoms with Crippen LogP contribution in [-0.4, -0.2) is 42.8 Å². The molecule has 1 amide bonds. The minimum absolute atomic E-state index is 0.115. The molecule has 1 aliphatic rings. The fourth-order valence-electron chi connectivity index (χ4n) is 1.66. The lowest BCUT2D eigenvalue weighted by Gasteiger charge is -2.30. The van der Waals surface area contributed by atoms with Crippen molar-refractivity contribution in [1.82, 2.24) is 10.2 Å². The van der Waals surface area contributed by atoms with E-state index in [1.54, 1.807) is 4.90 Å². The molecule has 1 atom stereocenters. The molecule has 96 valence electrons. The first-order chi connectivity index (χ1) is 7.92. The number of nitriles is 1. The van der Waals surface area contributed by atoms with Crippen LogP contribution < -0.4 is 5.32 Å². The third-order valence-corrected chi connectivity index (χ3v) is 2.50. The van der Waals surface area contributed by atoms with E-state index in [1.165, 1.54) is 0 Å². The fraction of sp³-hybridized carbons (Fsp3) is 0.833. The maximum Gasteiger partial charge on any atom is 0.410 e. The van der Waals surface area contributed by atoms with Crippen molar-refractivity contribution < 1.29 is 9.53 Å². The van der Waals surface area contributed by atoms with Gasteiger partial charge in [-0.15, -0.1) is 0 Å². The smallest absolute Gasteiger partial charge is 0.410 e. The van der Waals surface area contributed by atoms with E-state index < -0.39 is 5.60 Å². The Labute approximate surface area is 103 Å². The standard InChI is InChI=1S/C12H21N3O2/c1-12(2,3)17-11(16)15-7-6-14-5-4-10(8-13)9-15/h10,14H,4-7,9H2,1-3H3. The summed E-state index contributed by atoms with van der Waals surface area (Å²) in [6.07, 6.45) is 0.442. The topological polar surface area (TPSA) is 65.4 Å². The van der Waals surface area contributed by atoms with Gasteiger partial charge in [-0.1, -0.05) is 0 Å². The van der Waals surface area contributed by atoms with Crippen molar-refractivity contribution in [3.8, 4) is 6.07 Å². The normalized spacial score (nSPS) is 22.2. The largest absolute Gasteiger partial charge is 0.444 e. The summed E-state index contributed by atoms with van der Waals surface area (Å²) in [4.78, 5) is 13.5. The molecule has 0 radical (unpaired) electrons. The summed E-state index contributed by atoms with van der Waals surface area (Å²) in [5, 5.41) is 12.2. The minimum Gasteiger partial charge on any atom is -0.444 e. The number of hydrogen-bond acceptors (Lipinski definition) is 4. The van der Waals surface area contributed by atoms with Gasteiger partial charge >= 0.3 is 6.09 Å². The lowest BCUT2D eigenvalue weighted by molar-refractivity contribution is 0.0225. The predicted octanol–water partition coefficient (Wildman–Crippen LogP) is 1.36. The third kappa shape index (κ3) is 5.05. The zero-order chi connectivity index (χ0) is 12.9. The summed E-state index contributed by atoms with van der Waals surface area (Å²) < 4.78 is 5.32. The molecule has 0 aliphatic carbocycles. The van der Waals surface area contributed by atoms with Gasteiger partial charge in [0.2, 0.25) is 0 Å². The highest BCUT2D eigenvalue weighted by Gasteiger charge is 2.25. The molecule has 1 unspecified atom stereocenters. The molecule has 0 spiro atoms. The molecule has 1 fully saturated rings. The first-order valence-corrected chi connectivity index (χ1v) is 6.00. The number of nitrogens with zero attached hydrogens (tertiary/aromatic N) is 2. The molecule has 1 heterocycles. The van der Waals surface area contributed by atoms with Gasteiger partial charge in [0.1, 0.15) is 5.60 Å². The van der Waals surface area contributed by atoms with Crippen molar-refractivity contribution in [3.05, 3.63) is 0 Å². The quantitative estimate of drug-likeness (QED) is 0.693. The Morgan fingerprint density at radius 1 is 1.47 bits per heavy atom. The Morgan fingerprint density at radius 3 is 2.76 bits per heavy atom. The molecule has 5 nitrogen and oxygen atoms in total.